The van der Waals surface area contributed by atoms with Gasteiger partial charge in [-0.25, -0.2) is 0 Å². The second-order valence-corrected chi connectivity index (χ2v) is 0. The minimum Gasteiger partial charge on any atom is 0 e. The summed E-state index contributed by atoms with van der Waals surface area (Å²) in [6, 6.07) is 0. The van der Waals surface area contributed by atoms with Crippen molar-refractivity contribution in [1.82, 2.24) is 0 Å². The van der Waals surface area contributed by atoms with E-state index in [1.165, 1.54) is 0 Å². The summed E-state index contributed by atoms with van der Waals surface area (Å²) in [4.78, 5) is 0. The molecule has 0 N–H and O–H groups in total. The summed E-state index contributed by atoms with van der Waals surface area (Å²) in [5.41, 5.74) is 0. The van der Waals surface area contributed by atoms with E-state index in [4.69, 9.17) is 0 Å². The fraction of sp³-hybridized carbons (Fsp3) is 0. The summed E-state index contributed by atoms with van der Waals surface area (Å²) in [5.74, 6) is 0. The first-order chi connectivity index (χ1) is 0. The molecule has 0 aliphatic rings. The zero-order valence-electron chi connectivity index (χ0n) is 2.77. The molecule has 0 rings (SSSR count). The fourth-order valence-electron chi connectivity index (χ4n) is 0. The quantitative estimate of drug-likeness (QED) is 0.489. The van der Waals surface area contributed by atoms with Crippen LogP contribution in [0.4, 0.5) is 0 Å². The largest absolute Gasteiger partial charge is 0 e. The number of hydrogen-bond donors (Lipinski definition) is 0. The molecule has 0 aromatic rings. The van der Waals surface area contributed by atoms with E-state index in [2.05, 4.69) is 0 Å². The third kappa shape index (κ3) is 17.8. The van der Waals surface area contributed by atoms with Crippen LogP contribution in [0.3, 0.4) is 0 Å². The molecule has 0 saturated carbocycles. The second-order valence-electron chi connectivity index (χ2n) is 0. The smallest absolute Gasteiger partial charge is 0 e. The number of rotatable bonds is 0. The third-order valence-electron chi connectivity index (χ3n) is 0. The Labute approximate surface area is 130 Å². The Bertz CT molecular complexity index is 11.6. The van der Waals surface area contributed by atoms with Gasteiger partial charge in [-0.3, -0.25) is 0 Å². The molecule has 5 heteroatoms. The summed E-state index contributed by atoms with van der Waals surface area (Å²) in [6.07, 6.45) is 0. The van der Waals surface area contributed by atoms with E-state index in [1.54, 1.807) is 0 Å². The molecule has 0 aromatic carbocycles. The first kappa shape index (κ1) is 34.6. The van der Waals surface area contributed by atoms with Gasteiger partial charge in [0.05, 0.1) is 0 Å². The van der Waals surface area contributed by atoms with Gasteiger partial charge in [0.25, 0.3) is 0 Å². The van der Waals surface area contributed by atoms with Crippen LogP contribution in [0.15, 0.2) is 0 Å². The molecule has 5 heavy (non-hydrogen) atoms. The maximum Gasteiger partial charge on any atom is 0 e. The van der Waals surface area contributed by atoms with Gasteiger partial charge in [0.15, 0.2) is 0 Å². The zero-order chi connectivity index (χ0) is 0. The molecular weight excluding hydrogens is 398 g/mol. The summed E-state index contributed by atoms with van der Waals surface area (Å²) in [7, 11) is 0. The van der Waals surface area contributed by atoms with E-state index in [9.17, 15) is 0 Å². The van der Waals surface area contributed by atoms with Gasteiger partial charge in [-0.05, 0) is 0 Å². The van der Waals surface area contributed by atoms with Gasteiger partial charge in [-0.2, -0.15) is 0 Å². The Balaban J connectivity index is 0. The van der Waals surface area contributed by atoms with Crippen LogP contribution in [0.5, 0.6) is 0 Å². The molecule has 0 heterocycles. The first-order valence-corrected chi connectivity index (χ1v) is 0. The third-order valence-corrected chi connectivity index (χ3v) is 0. The summed E-state index contributed by atoms with van der Waals surface area (Å²) < 4.78 is 0. The van der Waals surface area contributed by atoms with Gasteiger partial charge in [0, 0.05) is 133 Å². The average Bonchev–Trinajstić information content (AvgIpc) is 0. The molecule has 0 atom stereocenters. The van der Waals surface area contributed by atoms with Crippen molar-refractivity contribution in [3.05, 3.63) is 0 Å². The molecule has 0 spiro atoms. The molecule has 0 unspecified atom stereocenters. The molecule has 0 saturated heterocycles. The Morgan fingerprint density at radius 3 is 1.00 bits per heavy atom. The topological polar surface area (TPSA) is 0 Å². The summed E-state index contributed by atoms with van der Waals surface area (Å²) >= 11 is 0. The van der Waals surface area contributed by atoms with Crippen molar-refractivity contribution in [2.75, 3.05) is 0 Å². The van der Waals surface area contributed by atoms with E-state index in [0.717, 1.165) is 0 Å². The van der Waals surface area contributed by atoms with Crippen LogP contribution < -0.4 is 0 Å². The van der Waals surface area contributed by atoms with Crippen molar-refractivity contribution in [3.8, 4) is 0 Å². The van der Waals surface area contributed by atoms with Crippen molar-refractivity contribution in [2.45, 2.75) is 0 Å². The Morgan fingerprint density at radius 1 is 1.00 bits per heavy atom. The fourth-order valence-corrected chi connectivity index (χ4v) is 0. The van der Waals surface area contributed by atoms with Gasteiger partial charge < -0.3 is 0 Å². The van der Waals surface area contributed by atoms with Gasteiger partial charge in [0.1, 0.15) is 0 Å². The van der Waals surface area contributed by atoms with Gasteiger partial charge >= 0.3 is 0 Å². The molecule has 0 fully saturated rings. The molecule has 2 radical (unpaired) electrons. The maximum atomic E-state index is 0. The van der Waals surface area contributed by atoms with Gasteiger partial charge in [0.2, 0.25) is 0 Å². The Hall–Kier alpha value is 4.31. The van der Waals surface area contributed by atoms with Crippen LogP contribution in [0.25, 0.3) is 0 Å². The molecule has 0 bridgehead atoms. The van der Waals surface area contributed by atoms with E-state index in [1.807, 2.05) is 0 Å². The number of hydrogen-bond acceptors (Lipinski definition) is 0. The molecule has 0 aromatic heterocycles. The molecular formula is BaFeTiZnZr. The van der Waals surface area contributed by atoms with Gasteiger partial charge in [-0.1, -0.05) is 0 Å². The van der Waals surface area contributed by atoms with Crippen LogP contribution >= 0.6 is 0 Å². The Kier molecular flexibility index (Phi) is 165. The van der Waals surface area contributed by atoms with Crippen LogP contribution in [0, 0.1) is 0 Å². The van der Waals surface area contributed by atoms with E-state index in [0.29, 0.717) is 0 Å². The molecule has 0 aliphatic heterocycles. The summed E-state index contributed by atoms with van der Waals surface area (Å²) in [6.45, 7) is 0. The predicted molar refractivity (Wildman–Crippen MR) is 5.75 cm³/mol. The zero-order valence-corrected chi connectivity index (χ0v) is 15.3. The van der Waals surface area contributed by atoms with Crippen LogP contribution in [0.1, 0.15) is 0 Å². The van der Waals surface area contributed by atoms with Crippen LogP contribution in [0.2, 0.25) is 0 Å². The summed E-state index contributed by atoms with van der Waals surface area (Å²) in [5, 5.41) is 0. The van der Waals surface area contributed by atoms with Crippen molar-refractivity contribution < 1.29 is 84.5 Å². The molecule has 0 nitrogen and oxygen atoms in total. The minimum atomic E-state index is 0. The monoisotopic (exact) mass is 396 g/mol. The molecule has 20 valence electrons. The SMILES string of the molecule is [Ba].[Fe].[Ti].[Zn].[Zr]. The minimum absolute atomic E-state index is 0. The van der Waals surface area contributed by atoms with E-state index in [-0.39, 0.29) is 133 Å². The average molecular weight is 398 g/mol. The van der Waals surface area contributed by atoms with E-state index >= 15 is 0 Å². The Morgan fingerprint density at radius 2 is 1.00 bits per heavy atom. The maximum absolute atomic E-state index is 0. The molecule has 0 amide bonds. The molecule has 0 aliphatic carbocycles. The first-order valence-electron chi connectivity index (χ1n) is 0. The second kappa shape index (κ2) is 23.9. The standard InChI is InChI=1S/Ba.Fe.Ti.Zn.Zr. The van der Waals surface area contributed by atoms with Crippen molar-refractivity contribution >= 4 is 48.9 Å². The van der Waals surface area contributed by atoms with Gasteiger partial charge in [-0.15, -0.1) is 0 Å². The van der Waals surface area contributed by atoms with E-state index < -0.39 is 0 Å². The van der Waals surface area contributed by atoms with Crippen LogP contribution in [-0.2, 0) is 84.5 Å². The predicted octanol–water partition coefficient (Wildman–Crippen LogP) is -0.391. The van der Waals surface area contributed by atoms with Crippen molar-refractivity contribution in [2.24, 2.45) is 0 Å². The normalized spacial score (nSPS) is 0. The van der Waals surface area contributed by atoms with Crippen LogP contribution in [-0.4, -0.2) is 48.9 Å². The van der Waals surface area contributed by atoms with Crippen molar-refractivity contribution in [3.63, 3.8) is 0 Å². The van der Waals surface area contributed by atoms with Crippen molar-refractivity contribution in [1.29, 1.82) is 0 Å².